The summed E-state index contributed by atoms with van der Waals surface area (Å²) in [5, 5.41) is 44.7. The van der Waals surface area contributed by atoms with E-state index in [4.69, 9.17) is 35.0 Å². The molecule has 0 radical (unpaired) electrons. The van der Waals surface area contributed by atoms with Crippen molar-refractivity contribution in [1.29, 1.82) is 0 Å². The minimum absolute atomic E-state index is 0.161. The van der Waals surface area contributed by atoms with Crippen molar-refractivity contribution < 1.29 is 39.7 Å². The Hall–Kier alpha value is -0.320. The molecule has 3 rings (SSSR count). The van der Waals surface area contributed by atoms with Crippen molar-refractivity contribution in [1.82, 2.24) is 0 Å². The third kappa shape index (κ3) is 3.66. The predicted molar refractivity (Wildman–Crippen MR) is 64.5 cm³/mol. The van der Waals surface area contributed by atoms with Gasteiger partial charge in [-0.25, -0.2) is 0 Å². The summed E-state index contributed by atoms with van der Waals surface area (Å²) in [5.74, 6) is 0. The average Bonchev–Trinajstić information content (AvgIpc) is 2.79. The van der Waals surface area contributed by atoms with E-state index < -0.39 is 37.3 Å². The summed E-state index contributed by atoms with van der Waals surface area (Å²) in [5.41, 5.74) is 0. The standard InChI is InChI=1S/C6H12O6.C6H10O2/c7-1-2-3(8)4(9)5(10)6(11)12-2;1-2-5-4-7-6(3-1)8-5/h2-11H,1H2;5-6H,1-4H2/t2-,3-,4+,5-,6-;/m1./s1. The Labute approximate surface area is 116 Å². The van der Waals surface area contributed by atoms with Gasteiger partial charge in [0.05, 0.1) is 19.3 Å². The molecule has 2 bridgehead atoms. The van der Waals surface area contributed by atoms with Crippen LogP contribution in [0.4, 0.5) is 0 Å². The SMILES string of the molecule is C1CC2COC(C1)O2.OC[C@H]1O[C@@H](O)[C@H](O)[C@@H](O)[C@@H]1O. The Morgan fingerprint density at radius 1 is 0.900 bits per heavy atom. The summed E-state index contributed by atoms with van der Waals surface area (Å²) < 4.78 is 15.2. The van der Waals surface area contributed by atoms with Crippen LogP contribution in [-0.2, 0) is 14.2 Å². The lowest BCUT2D eigenvalue weighted by atomic mass is 10.00. The molecule has 3 saturated heterocycles. The summed E-state index contributed by atoms with van der Waals surface area (Å²) in [6.07, 6.45) is -2.84. The topological polar surface area (TPSA) is 129 Å². The Morgan fingerprint density at radius 2 is 1.65 bits per heavy atom. The van der Waals surface area contributed by atoms with Crippen molar-refractivity contribution in [3.8, 4) is 0 Å². The predicted octanol–water partition coefficient (Wildman–Crippen LogP) is -2.31. The summed E-state index contributed by atoms with van der Waals surface area (Å²) in [6.45, 7) is 0.312. The molecule has 0 aromatic rings. The van der Waals surface area contributed by atoms with Gasteiger partial charge in [0.1, 0.15) is 24.4 Å². The van der Waals surface area contributed by atoms with Gasteiger partial charge in [-0.05, 0) is 19.3 Å². The summed E-state index contributed by atoms with van der Waals surface area (Å²) in [4.78, 5) is 0. The molecule has 20 heavy (non-hydrogen) atoms. The minimum atomic E-state index is -1.57. The quantitative estimate of drug-likeness (QED) is 0.365. The molecule has 0 aromatic carbocycles. The number of rotatable bonds is 1. The lowest BCUT2D eigenvalue weighted by molar-refractivity contribution is -0.286. The largest absolute Gasteiger partial charge is 0.394 e. The molecule has 0 amide bonds. The zero-order valence-electron chi connectivity index (χ0n) is 11.0. The molecule has 3 fully saturated rings. The van der Waals surface area contributed by atoms with Crippen molar-refractivity contribution in [3.63, 3.8) is 0 Å². The van der Waals surface area contributed by atoms with E-state index in [0.29, 0.717) is 6.10 Å². The maximum absolute atomic E-state index is 9.12. The first kappa shape index (κ1) is 16.1. The second kappa shape index (κ2) is 7.10. The smallest absolute Gasteiger partial charge is 0.184 e. The van der Waals surface area contributed by atoms with E-state index in [2.05, 4.69) is 4.74 Å². The molecule has 8 heteroatoms. The molecule has 0 aromatic heterocycles. The van der Waals surface area contributed by atoms with Gasteiger partial charge < -0.3 is 39.7 Å². The van der Waals surface area contributed by atoms with Crippen LogP contribution in [0.1, 0.15) is 19.3 Å². The second-order valence-electron chi connectivity index (χ2n) is 5.17. The van der Waals surface area contributed by atoms with E-state index in [1.807, 2.05) is 0 Å². The van der Waals surface area contributed by atoms with Crippen molar-refractivity contribution in [3.05, 3.63) is 0 Å². The number of aliphatic hydroxyl groups excluding tert-OH is 5. The van der Waals surface area contributed by atoms with Crippen molar-refractivity contribution in [2.45, 2.75) is 62.4 Å². The van der Waals surface area contributed by atoms with Gasteiger partial charge in [-0.15, -0.1) is 0 Å². The van der Waals surface area contributed by atoms with Crippen LogP contribution in [-0.4, -0.2) is 81.8 Å². The maximum Gasteiger partial charge on any atom is 0.184 e. The van der Waals surface area contributed by atoms with E-state index >= 15 is 0 Å². The lowest BCUT2D eigenvalue weighted by Gasteiger charge is -2.37. The normalized spacial score (nSPS) is 47.5. The zero-order valence-corrected chi connectivity index (χ0v) is 11.0. The number of ether oxygens (including phenoxy) is 3. The van der Waals surface area contributed by atoms with Crippen LogP contribution in [0.2, 0.25) is 0 Å². The average molecular weight is 294 g/mol. The van der Waals surface area contributed by atoms with Gasteiger partial charge in [0.15, 0.2) is 12.6 Å². The van der Waals surface area contributed by atoms with Crippen LogP contribution in [0, 0.1) is 0 Å². The van der Waals surface area contributed by atoms with Gasteiger partial charge >= 0.3 is 0 Å². The molecule has 118 valence electrons. The van der Waals surface area contributed by atoms with E-state index in [1.165, 1.54) is 12.8 Å². The van der Waals surface area contributed by atoms with Gasteiger partial charge in [0.25, 0.3) is 0 Å². The van der Waals surface area contributed by atoms with Crippen molar-refractivity contribution in [2.75, 3.05) is 13.2 Å². The molecular formula is C12H22O8. The third-order valence-electron chi connectivity index (χ3n) is 3.65. The summed E-state index contributed by atoms with van der Waals surface area (Å²) >= 11 is 0. The van der Waals surface area contributed by atoms with Crippen molar-refractivity contribution in [2.24, 2.45) is 0 Å². The van der Waals surface area contributed by atoms with E-state index in [1.54, 1.807) is 0 Å². The Kier molecular flexibility index (Phi) is 5.70. The maximum atomic E-state index is 9.12. The highest BCUT2D eigenvalue weighted by molar-refractivity contribution is 4.87. The Bertz CT molecular complexity index is 282. The van der Waals surface area contributed by atoms with Gasteiger partial charge in [-0.2, -0.15) is 0 Å². The zero-order chi connectivity index (χ0) is 14.7. The molecule has 3 aliphatic heterocycles. The Morgan fingerprint density at radius 3 is 2.25 bits per heavy atom. The third-order valence-corrected chi connectivity index (χ3v) is 3.65. The molecule has 3 heterocycles. The first-order valence-electron chi connectivity index (χ1n) is 6.78. The van der Waals surface area contributed by atoms with E-state index in [0.717, 1.165) is 13.0 Å². The molecule has 8 nitrogen and oxygen atoms in total. The number of fused-ring (bicyclic) bond motifs is 2. The van der Waals surface area contributed by atoms with Crippen LogP contribution in [0.25, 0.3) is 0 Å². The first-order valence-corrected chi connectivity index (χ1v) is 6.78. The molecular weight excluding hydrogens is 272 g/mol. The fourth-order valence-corrected chi connectivity index (χ4v) is 2.40. The number of hydrogen-bond donors (Lipinski definition) is 5. The summed E-state index contributed by atoms with van der Waals surface area (Å²) in [6, 6.07) is 0. The second-order valence-corrected chi connectivity index (χ2v) is 5.17. The van der Waals surface area contributed by atoms with Crippen LogP contribution in [0.15, 0.2) is 0 Å². The van der Waals surface area contributed by atoms with Gasteiger partial charge in [-0.3, -0.25) is 0 Å². The van der Waals surface area contributed by atoms with Crippen molar-refractivity contribution >= 4 is 0 Å². The fourth-order valence-electron chi connectivity index (χ4n) is 2.40. The fraction of sp³-hybridized carbons (Fsp3) is 1.00. The Balaban J connectivity index is 0.000000157. The van der Waals surface area contributed by atoms with Gasteiger partial charge in [-0.1, -0.05) is 0 Å². The minimum Gasteiger partial charge on any atom is -0.394 e. The molecule has 0 aliphatic carbocycles. The monoisotopic (exact) mass is 294 g/mol. The van der Waals surface area contributed by atoms with Crippen LogP contribution >= 0.6 is 0 Å². The highest BCUT2D eigenvalue weighted by Gasteiger charge is 2.42. The molecule has 3 aliphatic rings. The molecule has 5 N–H and O–H groups in total. The van der Waals surface area contributed by atoms with Crippen LogP contribution < -0.4 is 0 Å². The molecule has 7 atom stereocenters. The highest BCUT2D eigenvalue weighted by atomic mass is 16.7. The van der Waals surface area contributed by atoms with Crippen LogP contribution in [0.3, 0.4) is 0 Å². The molecule has 0 saturated carbocycles. The highest BCUT2D eigenvalue weighted by Crippen LogP contribution is 2.25. The lowest BCUT2D eigenvalue weighted by Crippen LogP contribution is -2.58. The van der Waals surface area contributed by atoms with E-state index in [9.17, 15) is 0 Å². The molecule has 0 spiro atoms. The number of aliphatic hydroxyl groups is 5. The van der Waals surface area contributed by atoms with Crippen LogP contribution in [0.5, 0.6) is 0 Å². The van der Waals surface area contributed by atoms with Gasteiger partial charge in [0.2, 0.25) is 0 Å². The molecule has 2 unspecified atom stereocenters. The summed E-state index contributed by atoms with van der Waals surface area (Å²) in [7, 11) is 0. The number of hydrogen-bond acceptors (Lipinski definition) is 8. The van der Waals surface area contributed by atoms with Gasteiger partial charge in [0, 0.05) is 0 Å². The first-order chi connectivity index (χ1) is 9.52. The van der Waals surface area contributed by atoms with E-state index in [-0.39, 0.29) is 6.29 Å².